The van der Waals surface area contributed by atoms with Gasteiger partial charge in [-0.2, -0.15) is 0 Å². The second-order valence-corrected chi connectivity index (χ2v) is 9.27. The highest BCUT2D eigenvalue weighted by Crippen LogP contribution is 2.21. The molecule has 1 aromatic carbocycles. The van der Waals surface area contributed by atoms with Crippen LogP contribution in [0.3, 0.4) is 0 Å². The van der Waals surface area contributed by atoms with Crippen molar-refractivity contribution in [2.45, 2.75) is 30.7 Å². The van der Waals surface area contributed by atoms with Gasteiger partial charge in [0.2, 0.25) is 15.9 Å². The first-order valence-corrected chi connectivity index (χ1v) is 11.5. The van der Waals surface area contributed by atoms with Crippen molar-refractivity contribution in [2.24, 2.45) is 5.92 Å². The van der Waals surface area contributed by atoms with Crippen LogP contribution in [0, 0.1) is 5.92 Å². The number of anilines is 1. The van der Waals surface area contributed by atoms with Gasteiger partial charge in [-0.1, -0.05) is 0 Å². The molecule has 1 fully saturated rings. The Morgan fingerprint density at radius 2 is 2.00 bits per heavy atom. The summed E-state index contributed by atoms with van der Waals surface area (Å²) in [5.41, 5.74) is 0.489. The van der Waals surface area contributed by atoms with Crippen LogP contribution in [-0.2, 0) is 19.6 Å². The molecule has 0 bridgehead atoms. The van der Waals surface area contributed by atoms with Crippen molar-refractivity contribution >= 4 is 27.5 Å². The number of amides is 2. The number of ether oxygens (including phenoxy) is 1. The fraction of sp³-hybridized carbons (Fsp3) is 0.429. The Hall–Kier alpha value is -2.69. The average molecular weight is 450 g/mol. The molecule has 0 aliphatic carbocycles. The minimum Gasteiger partial charge on any atom is -0.459 e. The van der Waals surface area contributed by atoms with Gasteiger partial charge in [0.05, 0.1) is 23.7 Å². The molecule has 2 heterocycles. The largest absolute Gasteiger partial charge is 0.459 e. The molecule has 0 radical (unpaired) electrons. The Morgan fingerprint density at radius 1 is 1.26 bits per heavy atom. The minimum absolute atomic E-state index is 0.0985. The normalized spacial score (nSPS) is 17.9. The van der Waals surface area contributed by atoms with Gasteiger partial charge in [-0.3, -0.25) is 9.59 Å². The first-order valence-electron chi connectivity index (χ1n) is 10.0. The van der Waals surface area contributed by atoms with E-state index >= 15 is 0 Å². The number of piperidine rings is 1. The van der Waals surface area contributed by atoms with Gasteiger partial charge in [-0.15, -0.1) is 0 Å². The van der Waals surface area contributed by atoms with Gasteiger partial charge < -0.3 is 19.4 Å². The maximum Gasteiger partial charge on any atom is 0.289 e. The number of furan rings is 1. The molecule has 2 amide bonds. The molecule has 1 aromatic heterocycles. The van der Waals surface area contributed by atoms with Gasteiger partial charge in [0.15, 0.2) is 5.76 Å². The van der Waals surface area contributed by atoms with E-state index in [4.69, 9.17) is 9.15 Å². The molecular weight excluding hydrogens is 422 g/mol. The standard InChI is InChI=1S/C21H27N3O6S/c1-15(14-29-2)23-31(27,28)18-9-7-17(8-10-18)22-20(25)16-5-3-11-24(13-16)21(26)19-6-4-12-30-19/h4,6-10,12,15-16,23H,3,5,11,13-14H2,1-2H3,(H,22,25)/t15-,16+/m0/s1. The third kappa shape index (κ3) is 5.93. The zero-order valence-electron chi connectivity index (χ0n) is 17.5. The fourth-order valence-electron chi connectivity index (χ4n) is 3.51. The first-order chi connectivity index (χ1) is 14.8. The Kier molecular flexibility index (Phi) is 7.47. The molecule has 0 spiro atoms. The van der Waals surface area contributed by atoms with Crippen molar-refractivity contribution in [2.75, 3.05) is 32.1 Å². The Bertz CT molecular complexity index is 989. The van der Waals surface area contributed by atoms with Crippen LogP contribution < -0.4 is 10.0 Å². The summed E-state index contributed by atoms with van der Waals surface area (Å²) in [5, 5.41) is 2.81. The van der Waals surface area contributed by atoms with E-state index in [-0.39, 0.29) is 41.0 Å². The van der Waals surface area contributed by atoms with E-state index < -0.39 is 10.0 Å². The van der Waals surface area contributed by atoms with Crippen LogP contribution in [0.5, 0.6) is 0 Å². The van der Waals surface area contributed by atoms with Crippen LogP contribution in [0.25, 0.3) is 0 Å². The number of carbonyl (C=O) groups is 2. The number of carbonyl (C=O) groups excluding carboxylic acids is 2. The van der Waals surface area contributed by atoms with Gasteiger partial charge in [-0.05, 0) is 56.2 Å². The van der Waals surface area contributed by atoms with Gasteiger partial charge in [0.25, 0.3) is 5.91 Å². The molecule has 2 atom stereocenters. The average Bonchev–Trinajstić information content (AvgIpc) is 3.28. The highest BCUT2D eigenvalue weighted by atomic mass is 32.2. The summed E-state index contributed by atoms with van der Waals surface area (Å²) < 4.78 is 37.4. The molecule has 1 aliphatic rings. The van der Waals surface area contributed by atoms with Gasteiger partial charge in [0, 0.05) is 31.9 Å². The van der Waals surface area contributed by atoms with E-state index in [2.05, 4.69) is 10.0 Å². The predicted octanol–water partition coefficient (Wildman–Crippen LogP) is 2.08. The number of hydrogen-bond acceptors (Lipinski definition) is 6. The third-order valence-corrected chi connectivity index (χ3v) is 6.62. The van der Waals surface area contributed by atoms with E-state index in [1.165, 1.54) is 25.5 Å². The second kappa shape index (κ2) is 10.1. The van der Waals surface area contributed by atoms with Crippen LogP contribution in [0.15, 0.2) is 52.0 Å². The van der Waals surface area contributed by atoms with Crippen molar-refractivity contribution in [1.82, 2.24) is 9.62 Å². The third-order valence-electron chi connectivity index (χ3n) is 5.02. The molecule has 1 saturated heterocycles. The second-order valence-electron chi connectivity index (χ2n) is 7.56. The summed E-state index contributed by atoms with van der Waals surface area (Å²) in [6.07, 6.45) is 2.83. The van der Waals surface area contributed by atoms with Gasteiger partial charge in [0.1, 0.15) is 0 Å². The molecule has 3 rings (SSSR count). The van der Waals surface area contributed by atoms with Crippen LogP contribution in [0.4, 0.5) is 5.69 Å². The van der Waals surface area contributed by atoms with E-state index in [1.807, 2.05) is 0 Å². The molecule has 168 valence electrons. The molecule has 1 aliphatic heterocycles. The van der Waals surface area contributed by atoms with Crippen LogP contribution in [-0.4, -0.2) is 58.0 Å². The minimum atomic E-state index is -3.68. The maximum absolute atomic E-state index is 12.7. The molecular formula is C21H27N3O6S. The molecule has 9 nitrogen and oxygen atoms in total. The molecule has 0 saturated carbocycles. The van der Waals surface area contributed by atoms with Crippen molar-refractivity contribution in [1.29, 1.82) is 0 Å². The van der Waals surface area contributed by atoms with Crippen LogP contribution >= 0.6 is 0 Å². The maximum atomic E-state index is 12.7. The monoisotopic (exact) mass is 449 g/mol. The summed E-state index contributed by atoms with van der Waals surface area (Å²) in [6, 6.07) is 8.85. The van der Waals surface area contributed by atoms with Crippen molar-refractivity contribution < 1.29 is 27.2 Å². The SMILES string of the molecule is COC[C@H](C)NS(=O)(=O)c1ccc(NC(=O)[C@@H]2CCCN(C(=O)c3ccco3)C2)cc1. The number of sulfonamides is 1. The van der Waals surface area contributed by atoms with Crippen molar-refractivity contribution in [3.05, 3.63) is 48.4 Å². The lowest BCUT2D eigenvalue weighted by Gasteiger charge is -2.31. The molecule has 0 unspecified atom stereocenters. The summed E-state index contributed by atoms with van der Waals surface area (Å²) >= 11 is 0. The quantitative estimate of drug-likeness (QED) is 0.637. The van der Waals surface area contributed by atoms with E-state index in [0.29, 0.717) is 31.6 Å². The lowest BCUT2D eigenvalue weighted by molar-refractivity contribution is -0.121. The highest BCUT2D eigenvalue weighted by molar-refractivity contribution is 7.89. The number of nitrogens with one attached hydrogen (secondary N) is 2. The first kappa shape index (κ1) is 23.0. The topological polar surface area (TPSA) is 118 Å². The van der Waals surface area contributed by atoms with Crippen LogP contribution in [0.1, 0.15) is 30.3 Å². The summed E-state index contributed by atoms with van der Waals surface area (Å²) in [6.45, 7) is 2.84. The lowest BCUT2D eigenvalue weighted by atomic mass is 9.96. The Morgan fingerprint density at radius 3 is 2.65 bits per heavy atom. The zero-order chi connectivity index (χ0) is 22.4. The number of methoxy groups -OCH3 is 1. The Labute approximate surface area is 181 Å². The van der Waals surface area contributed by atoms with Crippen molar-refractivity contribution in [3.63, 3.8) is 0 Å². The van der Waals surface area contributed by atoms with Crippen LogP contribution in [0.2, 0.25) is 0 Å². The Balaban J connectivity index is 1.59. The molecule has 2 aromatic rings. The van der Waals surface area contributed by atoms with E-state index in [0.717, 1.165) is 0 Å². The van der Waals surface area contributed by atoms with Crippen molar-refractivity contribution in [3.8, 4) is 0 Å². The number of nitrogens with zero attached hydrogens (tertiary/aromatic N) is 1. The molecule has 2 N–H and O–H groups in total. The number of likely N-dealkylation sites (tertiary alicyclic amines) is 1. The fourth-order valence-corrected chi connectivity index (χ4v) is 4.74. The summed E-state index contributed by atoms with van der Waals surface area (Å²) in [4.78, 5) is 26.9. The summed E-state index contributed by atoms with van der Waals surface area (Å²) in [7, 11) is -2.18. The number of rotatable bonds is 8. The van der Waals surface area contributed by atoms with Gasteiger partial charge in [-0.25, -0.2) is 13.1 Å². The number of benzene rings is 1. The van der Waals surface area contributed by atoms with E-state index in [9.17, 15) is 18.0 Å². The smallest absolute Gasteiger partial charge is 0.289 e. The molecule has 10 heteroatoms. The zero-order valence-corrected chi connectivity index (χ0v) is 18.4. The van der Waals surface area contributed by atoms with Gasteiger partial charge >= 0.3 is 0 Å². The molecule has 31 heavy (non-hydrogen) atoms. The highest BCUT2D eigenvalue weighted by Gasteiger charge is 2.30. The number of hydrogen-bond donors (Lipinski definition) is 2. The summed E-state index contributed by atoms with van der Waals surface area (Å²) in [5.74, 6) is -0.537. The predicted molar refractivity (Wildman–Crippen MR) is 114 cm³/mol. The lowest BCUT2D eigenvalue weighted by Crippen LogP contribution is -2.43. The van der Waals surface area contributed by atoms with E-state index in [1.54, 1.807) is 36.1 Å².